The van der Waals surface area contributed by atoms with Gasteiger partial charge in [-0.3, -0.25) is 0 Å². The predicted octanol–water partition coefficient (Wildman–Crippen LogP) is 5.36. The minimum absolute atomic E-state index is 0.459. The molecule has 2 aromatic carbocycles. The number of piperidine rings is 1. The van der Waals surface area contributed by atoms with E-state index in [1.165, 1.54) is 43.3 Å². The van der Waals surface area contributed by atoms with Gasteiger partial charge < -0.3 is 14.6 Å². The van der Waals surface area contributed by atoms with E-state index in [0.29, 0.717) is 11.6 Å². The fourth-order valence-corrected chi connectivity index (χ4v) is 4.16. The van der Waals surface area contributed by atoms with Gasteiger partial charge in [0.05, 0.1) is 11.0 Å². The molecule has 4 rings (SSSR count). The van der Waals surface area contributed by atoms with Crippen molar-refractivity contribution in [1.82, 2.24) is 14.9 Å². The third-order valence-electron chi connectivity index (χ3n) is 5.56. The van der Waals surface area contributed by atoms with Crippen LogP contribution in [0.1, 0.15) is 37.1 Å². The van der Waals surface area contributed by atoms with Gasteiger partial charge in [-0.2, -0.15) is 0 Å². The number of hydrogen-bond donors (Lipinski definition) is 1. The molecule has 1 N–H and O–H groups in total. The molecular formula is C23H28ClN3O. The summed E-state index contributed by atoms with van der Waals surface area (Å²) in [7, 11) is 0. The van der Waals surface area contributed by atoms with Gasteiger partial charge in [0.2, 0.25) is 0 Å². The quantitative estimate of drug-likeness (QED) is 0.583. The van der Waals surface area contributed by atoms with Crippen LogP contribution in [-0.4, -0.2) is 22.6 Å². The summed E-state index contributed by atoms with van der Waals surface area (Å²) < 4.78 is 8.33. The number of benzene rings is 2. The van der Waals surface area contributed by atoms with Crippen molar-refractivity contribution in [1.29, 1.82) is 0 Å². The Hall–Kier alpha value is -2.04. The first kappa shape index (κ1) is 19.3. The minimum atomic E-state index is 0.459. The molecule has 3 aromatic rings. The lowest BCUT2D eigenvalue weighted by atomic mass is 9.95. The zero-order chi connectivity index (χ0) is 19.3. The largest absolute Gasteiger partial charge is 0.486 e. The molecule has 5 heteroatoms. The van der Waals surface area contributed by atoms with E-state index in [1.807, 2.05) is 24.3 Å². The van der Waals surface area contributed by atoms with Crippen molar-refractivity contribution in [2.45, 2.75) is 45.8 Å². The molecule has 1 saturated heterocycles. The monoisotopic (exact) mass is 397 g/mol. The van der Waals surface area contributed by atoms with Gasteiger partial charge in [-0.05, 0) is 93.6 Å². The molecular weight excluding hydrogens is 370 g/mol. The highest BCUT2D eigenvalue weighted by atomic mass is 35.5. The lowest BCUT2D eigenvalue weighted by Gasteiger charge is -2.22. The van der Waals surface area contributed by atoms with Crippen molar-refractivity contribution < 1.29 is 4.74 Å². The SMILES string of the molecule is Cc1ccc2c(c1)nc(COc1ccc(Cl)cc1)n2CCCC1CCCNC1. The summed E-state index contributed by atoms with van der Waals surface area (Å²) >= 11 is 5.97. The van der Waals surface area contributed by atoms with Gasteiger partial charge in [0.1, 0.15) is 18.2 Å². The molecule has 0 aliphatic carbocycles. The fraction of sp³-hybridized carbons (Fsp3) is 0.435. The number of aromatic nitrogens is 2. The van der Waals surface area contributed by atoms with Crippen LogP contribution in [0, 0.1) is 12.8 Å². The second-order valence-corrected chi connectivity index (χ2v) is 8.21. The molecule has 0 radical (unpaired) electrons. The van der Waals surface area contributed by atoms with E-state index in [9.17, 15) is 0 Å². The average molecular weight is 398 g/mol. The third kappa shape index (κ3) is 4.68. The Kier molecular flexibility index (Phi) is 6.18. The maximum Gasteiger partial charge on any atom is 0.147 e. The van der Waals surface area contributed by atoms with Gasteiger partial charge in [0.15, 0.2) is 0 Å². The zero-order valence-electron chi connectivity index (χ0n) is 16.5. The van der Waals surface area contributed by atoms with Crippen molar-refractivity contribution in [3.63, 3.8) is 0 Å². The molecule has 2 heterocycles. The molecule has 0 bridgehead atoms. The molecule has 1 aliphatic rings. The molecule has 0 saturated carbocycles. The number of nitrogens with one attached hydrogen (secondary N) is 1. The first-order chi connectivity index (χ1) is 13.7. The molecule has 1 fully saturated rings. The van der Waals surface area contributed by atoms with Gasteiger partial charge in [-0.15, -0.1) is 0 Å². The maximum atomic E-state index is 5.99. The normalized spacial score (nSPS) is 17.1. The van der Waals surface area contributed by atoms with Crippen LogP contribution < -0.4 is 10.1 Å². The molecule has 28 heavy (non-hydrogen) atoms. The summed E-state index contributed by atoms with van der Waals surface area (Å²) in [6, 6.07) is 14.0. The van der Waals surface area contributed by atoms with Gasteiger partial charge in [0, 0.05) is 11.6 Å². The van der Waals surface area contributed by atoms with Crippen molar-refractivity contribution in [3.8, 4) is 5.75 Å². The van der Waals surface area contributed by atoms with E-state index >= 15 is 0 Å². The summed E-state index contributed by atoms with van der Waals surface area (Å²) in [6.45, 7) is 5.89. The van der Waals surface area contributed by atoms with Crippen LogP contribution in [-0.2, 0) is 13.2 Å². The Balaban J connectivity index is 1.48. The summed E-state index contributed by atoms with van der Waals surface area (Å²) in [5.74, 6) is 2.60. The number of ether oxygens (including phenoxy) is 1. The molecule has 1 atom stereocenters. The Morgan fingerprint density at radius 3 is 2.86 bits per heavy atom. The van der Waals surface area contributed by atoms with E-state index < -0.39 is 0 Å². The Bertz CT molecular complexity index is 913. The van der Waals surface area contributed by atoms with Gasteiger partial charge in [-0.25, -0.2) is 4.98 Å². The number of imidazole rings is 1. The molecule has 1 aliphatic heterocycles. The standard InChI is InChI=1S/C23H28ClN3O/c1-17-6-11-22-21(14-17)26-23(16-28-20-9-7-19(24)8-10-20)27(22)13-3-5-18-4-2-12-25-15-18/h6-11,14,18,25H,2-5,12-13,15-16H2,1H3. The first-order valence-corrected chi connectivity index (χ1v) is 10.6. The fourth-order valence-electron chi connectivity index (χ4n) is 4.04. The average Bonchev–Trinajstić information content (AvgIpc) is 3.05. The molecule has 0 amide bonds. The number of fused-ring (bicyclic) bond motifs is 1. The van der Waals surface area contributed by atoms with Crippen LogP contribution in [0.25, 0.3) is 11.0 Å². The lowest BCUT2D eigenvalue weighted by Crippen LogP contribution is -2.29. The summed E-state index contributed by atoms with van der Waals surface area (Å²) in [4.78, 5) is 4.87. The predicted molar refractivity (Wildman–Crippen MR) is 115 cm³/mol. The summed E-state index contributed by atoms with van der Waals surface area (Å²) in [5.41, 5.74) is 3.48. The molecule has 148 valence electrons. The maximum absolute atomic E-state index is 5.99. The van der Waals surface area contributed by atoms with Crippen LogP contribution in [0.3, 0.4) is 0 Å². The molecule has 1 aromatic heterocycles. The Labute approximate surface area is 171 Å². The van der Waals surface area contributed by atoms with E-state index in [0.717, 1.165) is 36.1 Å². The van der Waals surface area contributed by atoms with E-state index in [1.54, 1.807) is 0 Å². The lowest BCUT2D eigenvalue weighted by molar-refractivity contribution is 0.287. The van der Waals surface area contributed by atoms with Crippen LogP contribution >= 0.6 is 11.6 Å². The van der Waals surface area contributed by atoms with Crippen LogP contribution in [0.2, 0.25) is 5.02 Å². The highest BCUT2D eigenvalue weighted by Crippen LogP contribution is 2.23. The Morgan fingerprint density at radius 2 is 2.07 bits per heavy atom. The van der Waals surface area contributed by atoms with Crippen molar-refractivity contribution >= 4 is 22.6 Å². The Morgan fingerprint density at radius 1 is 1.21 bits per heavy atom. The van der Waals surface area contributed by atoms with Crippen molar-refractivity contribution in [2.75, 3.05) is 13.1 Å². The first-order valence-electron chi connectivity index (χ1n) is 10.2. The number of halogens is 1. The van der Waals surface area contributed by atoms with Gasteiger partial charge in [0.25, 0.3) is 0 Å². The van der Waals surface area contributed by atoms with Crippen LogP contribution in [0.15, 0.2) is 42.5 Å². The number of nitrogens with zero attached hydrogens (tertiary/aromatic N) is 2. The molecule has 1 unspecified atom stereocenters. The second-order valence-electron chi connectivity index (χ2n) is 7.77. The summed E-state index contributed by atoms with van der Waals surface area (Å²) in [5, 5.41) is 4.23. The van der Waals surface area contributed by atoms with Gasteiger partial charge in [-0.1, -0.05) is 17.7 Å². The van der Waals surface area contributed by atoms with E-state index in [-0.39, 0.29) is 0 Å². The van der Waals surface area contributed by atoms with E-state index in [4.69, 9.17) is 21.3 Å². The minimum Gasteiger partial charge on any atom is -0.486 e. The number of hydrogen-bond acceptors (Lipinski definition) is 3. The number of rotatable bonds is 7. The molecule has 4 nitrogen and oxygen atoms in total. The van der Waals surface area contributed by atoms with Crippen molar-refractivity contribution in [3.05, 3.63) is 58.9 Å². The third-order valence-corrected chi connectivity index (χ3v) is 5.81. The number of aryl methyl sites for hydroxylation is 2. The molecule has 0 spiro atoms. The van der Waals surface area contributed by atoms with Crippen LogP contribution in [0.4, 0.5) is 0 Å². The summed E-state index contributed by atoms with van der Waals surface area (Å²) in [6.07, 6.45) is 5.08. The van der Waals surface area contributed by atoms with Gasteiger partial charge >= 0.3 is 0 Å². The zero-order valence-corrected chi connectivity index (χ0v) is 17.2. The smallest absolute Gasteiger partial charge is 0.147 e. The van der Waals surface area contributed by atoms with Crippen LogP contribution in [0.5, 0.6) is 5.75 Å². The topological polar surface area (TPSA) is 39.1 Å². The second kappa shape index (κ2) is 8.97. The highest BCUT2D eigenvalue weighted by Gasteiger charge is 2.15. The van der Waals surface area contributed by atoms with Crippen molar-refractivity contribution in [2.24, 2.45) is 5.92 Å². The van der Waals surface area contributed by atoms with E-state index in [2.05, 4.69) is 35.0 Å². The highest BCUT2D eigenvalue weighted by molar-refractivity contribution is 6.30.